The van der Waals surface area contributed by atoms with Crippen molar-refractivity contribution in [3.05, 3.63) is 95.9 Å². The van der Waals surface area contributed by atoms with E-state index in [0.29, 0.717) is 11.4 Å². The third-order valence-electron chi connectivity index (χ3n) is 5.35. The van der Waals surface area contributed by atoms with Crippen molar-refractivity contribution >= 4 is 17.4 Å². The van der Waals surface area contributed by atoms with Gasteiger partial charge in [0.15, 0.2) is 6.04 Å². The average molecular weight is 456 g/mol. The van der Waals surface area contributed by atoms with Gasteiger partial charge < -0.3 is 20.5 Å². The number of hydrogen-bond donors (Lipinski definition) is 3. The summed E-state index contributed by atoms with van der Waals surface area (Å²) in [5.41, 5.74) is 4.83. The number of H-pyrrole nitrogens is 1. The molecule has 1 aromatic carbocycles. The Labute approximate surface area is 200 Å². The third-order valence-corrected chi connectivity index (χ3v) is 5.35. The summed E-state index contributed by atoms with van der Waals surface area (Å²) in [5, 5.41) is 5.39. The molecule has 0 aliphatic carbocycles. The maximum absolute atomic E-state index is 11.6. The number of rotatable bonds is 4. The van der Waals surface area contributed by atoms with E-state index in [2.05, 4.69) is 64.7 Å². The molecule has 1 saturated heterocycles. The van der Waals surface area contributed by atoms with E-state index >= 15 is 0 Å². The second-order valence-corrected chi connectivity index (χ2v) is 7.86. The molecule has 0 spiro atoms. The van der Waals surface area contributed by atoms with E-state index in [-0.39, 0.29) is 11.8 Å². The molecule has 1 aromatic heterocycles. The molecule has 4 rings (SSSR count). The second kappa shape index (κ2) is 11.0. The quantitative estimate of drug-likeness (QED) is 0.487. The number of aryl methyl sites for hydroxylation is 1. The predicted molar refractivity (Wildman–Crippen MR) is 134 cm³/mol. The fourth-order valence-corrected chi connectivity index (χ4v) is 3.44. The maximum Gasteiger partial charge on any atom is 0.260 e. The molecule has 1 atom stereocenters. The number of benzene rings is 1. The molecule has 1 unspecified atom stereocenters. The Bertz CT molecular complexity index is 1230. The van der Waals surface area contributed by atoms with Crippen LogP contribution in [0.15, 0.2) is 73.4 Å². The van der Waals surface area contributed by atoms with Crippen molar-refractivity contribution in [2.75, 3.05) is 7.05 Å². The largest absolute Gasteiger partial charge is 0.351 e. The lowest BCUT2D eigenvalue weighted by Gasteiger charge is -2.04. The van der Waals surface area contributed by atoms with Crippen LogP contribution in [0.5, 0.6) is 0 Å². The zero-order valence-electron chi connectivity index (χ0n) is 19.7. The Morgan fingerprint density at radius 2 is 2.12 bits per heavy atom. The molecule has 2 amide bonds. The van der Waals surface area contributed by atoms with E-state index in [1.807, 2.05) is 32.2 Å². The summed E-state index contributed by atoms with van der Waals surface area (Å²) in [6.45, 7) is 12.3. The lowest BCUT2D eigenvalue weighted by molar-refractivity contribution is -0.119. The van der Waals surface area contributed by atoms with E-state index in [1.165, 1.54) is 5.56 Å². The van der Waals surface area contributed by atoms with Crippen molar-refractivity contribution in [1.29, 1.82) is 0 Å². The topological polar surface area (TPSA) is 90.1 Å². The van der Waals surface area contributed by atoms with Crippen molar-refractivity contribution in [3.63, 3.8) is 0 Å². The molecular formula is C27H29N5O2. The standard InChI is InChI=1S/C16H16N4O.C11H13NO/c1-4-13(15-17-9-10-18-15)7-5-11(2)6-8-14-16(21)20-12(3)19-14;1-3-8-4-5-9-7-12(2)11(13)10(9)6-8/h4-5,7,9-10,14,19H,2-3H2,1H3,(H,17,18)(H,20,21);4-6H,3,7H2,1-2H3/b7-5-,13-4+;. The van der Waals surface area contributed by atoms with E-state index in [4.69, 9.17) is 0 Å². The van der Waals surface area contributed by atoms with Crippen LogP contribution in [0.1, 0.15) is 41.2 Å². The van der Waals surface area contributed by atoms with Crippen molar-refractivity contribution in [2.24, 2.45) is 0 Å². The van der Waals surface area contributed by atoms with Gasteiger partial charge in [-0.2, -0.15) is 0 Å². The smallest absolute Gasteiger partial charge is 0.260 e. The highest BCUT2D eigenvalue weighted by molar-refractivity contribution is 5.98. The summed E-state index contributed by atoms with van der Waals surface area (Å²) in [6, 6.07) is 5.61. The van der Waals surface area contributed by atoms with Crippen LogP contribution >= 0.6 is 0 Å². The summed E-state index contributed by atoms with van der Waals surface area (Å²) >= 11 is 0. The lowest BCUT2D eigenvalue weighted by Crippen LogP contribution is -2.26. The minimum absolute atomic E-state index is 0.158. The molecule has 1 fully saturated rings. The molecule has 34 heavy (non-hydrogen) atoms. The first-order valence-electron chi connectivity index (χ1n) is 11.0. The number of nitrogens with one attached hydrogen (secondary N) is 3. The Balaban J connectivity index is 0.000000212. The van der Waals surface area contributed by atoms with Crippen LogP contribution in [-0.2, 0) is 17.8 Å². The number of amides is 2. The van der Waals surface area contributed by atoms with Gasteiger partial charge >= 0.3 is 0 Å². The molecule has 2 aliphatic heterocycles. The minimum atomic E-state index is -0.575. The number of carbonyl (C=O) groups excluding carboxylic acids is 2. The predicted octanol–water partition coefficient (Wildman–Crippen LogP) is 3.32. The Hall–Kier alpha value is -4.31. The molecule has 0 saturated carbocycles. The van der Waals surface area contributed by atoms with Crippen molar-refractivity contribution in [1.82, 2.24) is 25.5 Å². The van der Waals surface area contributed by atoms with Gasteiger partial charge in [-0.05, 0) is 36.6 Å². The van der Waals surface area contributed by atoms with Crippen LogP contribution in [0.2, 0.25) is 0 Å². The fourth-order valence-electron chi connectivity index (χ4n) is 3.44. The first-order chi connectivity index (χ1) is 16.3. The highest BCUT2D eigenvalue weighted by atomic mass is 16.2. The maximum atomic E-state index is 11.6. The first-order valence-corrected chi connectivity index (χ1v) is 11.0. The highest BCUT2D eigenvalue weighted by Gasteiger charge is 2.24. The van der Waals surface area contributed by atoms with Crippen LogP contribution < -0.4 is 10.6 Å². The number of hydrogen-bond acceptors (Lipinski definition) is 4. The molecule has 2 aromatic rings. The Morgan fingerprint density at radius 1 is 1.32 bits per heavy atom. The highest BCUT2D eigenvalue weighted by Crippen LogP contribution is 2.22. The van der Waals surface area contributed by atoms with Gasteiger partial charge in [-0.25, -0.2) is 4.98 Å². The van der Waals surface area contributed by atoms with Crippen LogP contribution in [0.3, 0.4) is 0 Å². The van der Waals surface area contributed by atoms with Gasteiger partial charge in [-0.1, -0.05) is 56.2 Å². The Kier molecular flexibility index (Phi) is 7.88. The summed E-state index contributed by atoms with van der Waals surface area (Å²) < 4.78 is 0. The molecule has 3 heterocycles. The zero-order chi connectivity index (χ0) is 24.7. The van der Waals surface area contributed by atoms with Crippen LogP contribution in [-0.4, -0.2) is 39.8 Å². The van der Waals surface area contributed by atoms with Gasteiger partial charge in [0.1, 0.15) is 5.82 Å². The second-order valence-electron chi connectivity index (χ2n) is 7.86. The lowest BCUT2D eigenvalue weighted by atomic mass is 10.0. The van der Waals surface area contributed by atoms with E-state index < -0.39 is 6.04 Å². The number of carbonyl (C=O) groups is 2. The fraction of sp³-hybridized carbons (Fsp3) is 0.222. The molecule has 0 radical (unpaired) electrons. The molecule has 7 nitrogen and oxygen atoms in total. The van der Waals surface area contributed by atoms with Gasteiger partial charge in [-0.3, -0.25) is 9.59 Å². The summed E-state index contributed by atoms with van der Waals surface area (Å²) in [4.78, 5) is 32.0. The van der Waals surface area contributed by atoms with Gasteiger partial charge in [-0.15, -0.1) is 0 Å². The van der Waals surface area contributed by atoms with Gasteiger partial charge in [0.05, 0.1) is 5.82 Å². The molecule has 2 aliphatic rings. The van der Waals surface area contributed by atoms with E-state index in [9.17, 15) is 9.59 Å². The average Bonchev–Trinajstić information content (AvgIpc) is 3.53. The summed E-state index contributed by atoms with van der Waals surface area (Å²) in [7, 11) is 1.84. The molecule has 0 bridgehead atoms. The number of imidazole rings is 1. The number of aromatic amines is 1. The first kappa shape index (κ1) is 24.3. The van der Waals surface area contributed by atoms with Crippen LogP contribution in [0.25, 0.3) is 5.57 Å². The van der Waals surface area contributed by atoms with Crippen molar-refractivity contribution in [2.45, 2.75) is 32.9 Å². The number of fused-ring (bicyclic) bond motifs is 1. The van der Waals surface area contributed by atoms with Crippen LogP contribution in [0.4, 0.5) is 0 Å². The third kappa shape index (κ3) is 5.93. The number of allylic oxidation sites excluding steroid dienone is 5. The number of nitrogens with zero attached hydrogens (tertiary/aromatic N) is 2. The van der Waals surface area contributed by atoms with Crippen molar-refractivity contribution < 1.29 is 9.59 Å². The summed E-state index contributed by atoms with van der Waals surface area (Å²) in [5.74, 6) is 6.86. The molecule has 174 valence electrons. The SMILES string of the molecule is C=C(C#CC1NC(=C)NC1=O)/C=C\C(=C/C)c1ncc[nH]1.CCc1ccc2c(c1)C(=O)N(C)C2. The molecule has 3 N–H and O–H groups in total. The van der Waals surface area contributed by atoms with Gasteiger partial charge in [0.2, 0.25) is 0 Å². The van der Waals surface area contributed by atoms with Crippen LogP contribution in [0, 0.1) is 11.8 Å². The normalized spacial score (nSPS) is 16.9. The van der Waals surface area contributed by atoms with E-state index in [1.54, 1.807) is 23.4 Å². The molecular weight excluding hydrogens is 426 g/mol. The van der Waals surface area contributed by atoms with Gasteiger partial charge in [0, 0.05) is 42.7 Å². The summed E-state index contributed by atoms with van der Waals surface area (Å²) in [6.07, 6.45) is 10.0. The Morgan fingerprint density at radius 3 is 2.74 bits per heavy atom. The van der Waals surface area contributed by atoms with Gasteiger partial charge in [0.25, 0.3) is 11.8 Å². The number of aromatic nitrogens is 2. The van der Waals surface area contributed by atoms with Crippen molar-refractivity contribution in [3.8, 4) is 11.8 Å². The molecule has 7 heteroatoms. The minimum Gasteiger partial charge on any atom is -0.351 e. The van der Waals surface area contributed by atoms with E-state index in [0.717, 1.165) is 35.5 Å². The zero-order valence-corrected chi connectivity index (χ0v) is 19.7. The monoisotopic (exact) mass is 455 g/mol.